The highest BCUT2D eigenvalue weighted by atomic mass is 16.5. The molecule has 138 valence electrons. The van der Waals surface area contributed by atoms with Crippen molar-refractivity contribution in [3.63, 3.8) is 0 Å². The SMILES string of the molecule is COc1cc(C(=O)NCC2(C(=O)O)CCCCC2)cc(OC)c1OC. The summed E-state index contributed by atoms with van der Waals surface area (Å²) in [5, 5.41) is 12.4. The Morgan fingerprint density at radius 3 is 2.04 bits per heavy atom. The van der Waals surface area contributed by atoms with Crippen molar-refractivity contribution in [2.24, 2.45) is 5.41 Å². The lowest BCUT2D eigenvalue weighted by Crippen LogP contribution is -2.44. The van der Waals surface area contributed by atoms with Crippen molar-refractivity contribution in [2.75, 3.05) is 27.9 Å². The molecule has 0 saturated heterocycles. The molecule has 0 bridgehead atoms. The molecular weight excluding hydrogens is 326 g/mol. The molecule has 0 radical (unpaired) electrons. The van der Waals surface area contributed by atoms with Crippen molar-refractivity contribution in [1.29, 1.82) is 0 Å². The number of aliphatic carboxylic acids is 1. The van der Waals surface area contributed by atoms with Gasteiger partial charge in [0.05, 0.1) is 26.7 Å². The molecule has 1 aromatic rings. The molecule has 1 fully saturated rings. The predicted molar refractivity (Wildman–Crippen MR) is 91.6 cm³/mol. The average Bonchev–Trinajstić information content (AvgIpc) is 2.65. The molecule has 0 heterocycles. The van der Waals surface area contributed by atoms with E-state index in [1.165, 1.54) is 21.3 Å². The van der Waals surface area contributed by atoms with Crippen LogP contribution in [-0.4, -0.2) is 44.9 Å². The quantitative estimate of drug-likeness (QED) is 0.784. The third-order valence-electron chi connectivity index (χ3n) is 4.78. The van der Waals surface area contributed by atoms with Gasteiger partial charge in [-0.05, 0) is 25.0 Å². The zero-order valence-corrected chi connectivity index (χ0v) is 14.9. The van der Waals surface area contributed by atoms with E-state index in [-0.39, 0.29) is 12.5 Å². The molecule has 25 heavy (non-hydrogen) atoms. The minimum absolute atomic E-state index is 0.109. The molecule has 1 aliphatic carbocycles. The number of carbonyl (C=O) groups excluding carboxylic acids is 1. The number of nitrogens with one attached hydrogen (secondary N) is 1. The lowest BCUT2D eigenvalue weighted by atomic mass is 9.74. The summed E-state index contributed by atoms with van der Waals surface area (Å²) >= 11 is 0. The van der Waals surface area contributed by atoms with Gasteiger partial charge < -0.3 is 24.6 Å². The molecule has 0 spiro atoms. The van der Waals surface area contributed by atoms with E-state index in [4.69, 9.17) is 14.2 Å². The topological polar surface area (TPSA) is 94.1 Å². The third kappa shape index (κ3) is 3.97. The van der Waals surface area contributed by atoms with Crippen molar-refractivity contribution < 1.29 is 28.9 Å². The normalized spacial score (nSPS) is 16.0. The standard InChI is InChI=1S/C18H25NO6/c1-23-13-9-12(10-14(24-2)15(13)25-3)16(20)19-11-18(17(21)22)7-5-4-6-8-18/h9-10H,4-8,11H2,1-3H3,(H,19,20)(H,21,22). The van der Waals surface area contributed by atoms with E-state index >= 15 is 0 Å². The summed E-state index contributed by atoms with van der Waals surface area (Å²) in [6, 6.07) is 3.09. The van der Waals surface area contributed by atoms with Gasteiger partial charge in [-0.2, -0.15) is 0 Å². The Morgan fingerprint density at radius 1 is 1.04 bits per heavy atom. The van der Waals surface area contributed by atoms with Crippen LogP contribution in [0, 0.1) is 5.41 Å². The number of hydrogen-bond acceptors (Lipinski definition) is 5. The fourth-order valence-electron chi connectivity index (χ4n) is 3.26. The van der Waals surface area contributed by atoms with Crippen LogP contribution >= 0.6 is 0 Å². The molecule has 0 aromatic heterocycles. The van der Waals surface area contributed by atoms with E-state index in [0.717, 1.165) is 19.3 Å². The van der Waals surface area contributed by atoms with Gasteiger partial charge in [0.1, 0.15) is 0 Å². The molecule has 2 N–H and O–H groups in total. The number of methoxy groups -OCH3 is 3. The number of carboxylic acids is 1. The van der Waals surface area contributed by atoms with Crippen molar-refractivity contribution in [1.82, 2.24) is 5.32 Å². The number of carboxylic acid groups (broad SMARTS) is 1. The van der Waals surface area contributed by atoms with Crippen molar-refractivity contribution >= 4 is 11.9 Å². The summed E-state index contributed by atoms with van der Waals surface area (Å²) in [7, 11) is 4.43. The van der Waals surface area contributed by atoms with E-state index in [9.17, 15) is 14.7 Å². The van der Waals surface area contributed by atoms with Gasteiger partial charge in [-0.15, -0.1) is 0 Å². The van der Waals surface area contributed by atoms with Crippen LogP contribution in [0.4, 0.5) is 0 Å². The zero-order valence-electron chi connectivity index (χ0n) is 14.9. The summed E-state index contributed by atoms with van der Waals surface area (Å²) in [5.74, 6) is -0.0751. The highest BCUT2D eigenvalue weighted by molar-refractivity contribution is 5.96. The maximum absolute atomic E-state index is 12.5. The lowest BCUT2D eigenvalue weighted by molar-refractivity contribution is -0.150. The Labute approximate surface area is 147 Å². The van der Waals surface area contributed by atoms with Gasteiger partial charge in [0.25, 0.3) is 5.91 Å². The Kier molecular flexibility index (Phi) is 6.12. The van der Waals surface area contributed by atoms with Crippen LogP contribution in [0.3, 0.4) is 0 Å². The molecular formula is C18H25NO6. The Balaban J connectivity index is 2.19. The van der Waals surface area contributed by atoms with E-state index in [0.29, 0.717) is 35.7 Å². The van der Waals surface area contributed by atoms with Gasteiger partial charge in [-0.3, -0.25) is 9.59 Å². The summed E-state index contributed by atoms with van der Waals surface area (Å²) in [5.41, 5.74) is -0.556. The maximum atomic E-state index is 12.5. The molecule has 1 aliphatic rings. The minimum atomic E-state index is -0.880. The first-order valence-corrected chi connectivity index (χ1v) is 8.29. The predicted octanol–water partition coefficient (Wildman–Crippen LogP) is 2.48. The lowest BCUT2D eigenvalue weighted by Gasteiger charge is -2.33. The van der Waals surface area contributed by atoms with Crippen LogP contribution < -0.4 is 19.5 Å². The second-order valence-corrected chi connectivity index (χ2v) is 6.24. The summed E-state index contributed by atoms with van der Waals surface area (Å²) < 4.78 is 15.7. The molecule has 0 aliphatic heterocycles. The molecule has 0 atom stereocenters. The van der Waals surface area contributed by atoms with Gasteiger partial charge in [0, 0.05) is 12.1 Å². The van der Waals surface area contributed by atoms with E-state index in [2.05, 4.69) is 5.32 Å². The number of carbonyl (C=O) groups is 2. The summed E-state index contributed by atoms with van der Waals surface area (Å²) in [4.78, 5) is 24.2. The summed E-state index contributed by atoms with van der Waals surface area (Å²) in [6.07, 6.45) is 3.93. The first kappa shape index (κ1) is 18.9. The first-order chi connectivity index (χ1) is 12.0. The van der Waals surface area contributed by atoms with Crippen LogP contribution in [0.5, 0.6) is 17.2 Å². The minimum Gasteiger partial charge on any atom is -0.493 e. The van der Waals surface area contributed by atoms with Crippen LogP contribution in [0.25, 0.3) is 0 Å². The van der Waals surface area contributed by atoms with Gasteiger partial charge in [-0.25, -0.2) is 0 Å². The van der Waals surface area contributed by atoms with Crippen LogP contribution in [-0.2, 0) is 4.79 Å². The Hall–Kier alpha value is -2.44. The molecule has 1 amide bonds. The molecule has 1 saturated carbocycles. The molecule has 1 aromatic carbocycles. The zero-order chi connectivity index (χ0) is 18.4. The molecule has 0 unspecified atom stereocenters. The highest BCUT2D eigenvalue weighted by Gasteiger charge is 2.39. The van der Waals surface area contributed by atoms with E-state index < -0.39 is 11.4 Å². The number of hydrogen-bond donors (Lipinski definition) is 2. The Bertz CT molecular complexity index is 611. The first-order valence-electron chi connectivity index (χ1n) is 8.29. The molecule has 7 nitrogen and oxygen atoms in total. The summed E-state index contributed by atoms with van der Waals surface area (Å²) in [6.45, 7) is 0.109. The second kappa shape index (κ2) is 8.09. The largest absolute Gasteiger partial charge is 0.493 e. The number of benzene rings is 1. The fourth-order valence-corrected chi connectivity index (χ4v) is 3.26. The molecule has 2 rings (SSSR count). The van der Waals surface area contributed by atoms with Gasteiger partial charge in [-0.1, -0.05) is 19.3 Å². The van der Waals surface area contributed by atoms with Gasteiger partial charge in [0.2, 0.25) is 5.75 Å². The molecule has 7 heteroatoms. The van der Waals surface area contributed by atoms with Crippen LogP contribution in [0.1, 0.15) is 42.5 Å². The Morgan fingerprint density at radius 2 is 1.60 bits per heavy atom. The third-order valence-corrected chi connectivity index (χ3v) is 4.78. The van der Waals surface area contributed by atoms with Gasteiger partial charge >= 0.3 is 5.97 Å². The maximum Gasteiger partial charge on any atom is 0.311 e. The second-order valence-electron chi connectivity index (χ2n) is 6.24. The van der Waals surface area contributed by atoms with E-state index in [1.807, 2.05) is 0 Å². The van der Waals surface area contributed by atoms with Crippen molar-refractivity contribution in [2.45, 2.75) is 32.1 Å². The fraction of sp³-hybridized carbons (Fsp3) is 0.556. The van der Waals surface area contributed by atoms with Gasteiger partial charge in [0.15, 0.2) is 11.5 Å². The van der Waals surface area contributed by atoms with Crippen LogP contribution in [0.2, 0.25) is 0 Å². The number of ether oxygens (including phenoxy) is 3. The van der Waals surface area contributed by atoms with Crippen molar-refractivity contribution in [3.05, 3.63) is 17.7 Å². The van der Waals surface area contributed by atoms with E-state index in [1.54, 1.807) is 12.1 Å². The van der Waals surface area contributed by atoms with Crippen LogP contribution in [0.15, 0.2) is 12.1 Å². The highest BCUT2D eigenvalue weighted by Crippen LogP contribution is 2.39. The number of rotatable bonds is 7. The average molecular weight is 351 g/mol. The van der Waals surface area contributed by atoms with Crippen molar-refractivity contribution in [3.8, 4) is 17.2 Å². The smallest absolute Gasteiger partial charge is 0.311 e. The number of amides is 1. The monoisotopic (exact) mass is 351 g/mol.